The number of hydrogen-bond donors (Lipinski definition) is 1. The Bertz CT molecular complexity index is 1410. The lowest BCUT2D eigenvalue weighted by Crippen LogP contribution is -2.24. The van der Waals surface area contributed by atoms with E-state index in [-0.39, 0.29) is 15.6 Å². The van der Waals surface area contributed by atoms with Crippen LogP contribution in [0.2, 0.25) is 0 Å². The predicted molar refractivity (Wildman–Crippen MR) is 121 cm³/mol. The Morgan fingerprint density at radius 2 is 1.74 bits per heavy atom. The number of nitrogens with one attached hydrogen (secondary N) is 1. The van der Waals surface area contributed by atoms with Crippen LogP contribution < -0.4 is 0 Å². The van der Waals surface area contributed by atoms with E-state index in [2.05, 4.69) is 9.98 Å². The van der Waals surface area contributed by atoms with Crippen LogP contribution in [0.5, 0.6) is 0 Å². The summed E-state index contributed by atoms with van der Waals surface area (Å²) in [6.45, 7) is 1.53. The van der Waals surface area contributed by atoms with Crippen LogP contribution in [0, 0.1) is 12.3 Å². The molecule has 0 amide bonds. The number of nitrogens with zero attached hydrogens (tertiary/aromatic N) is 2. The number of aryl methyl sites for hydroxylation is 1. The van der Waals surface area contributed by atoms with Crippen LogP contribution >= 0.6 is 11.3 Å². The van der Waals surface area contributed by atoms with Gasteiger partial charge in [-0.2, -0.15) is 26.3 Å². The molecule has 0 atom stereocenters. The lowest BCUT2D eigenvalue weighted by atomic mass is 10.1. The number of alkyl halides is 6. The zero-order chi connectivity index (χ0) is 26.2. The molecule has 0 saturated carbocycles. The van der Waals surface area contributed by atoms with Crippen LogP contribution in [0.3, 0.4) is 0 Å². The van der Waals surface area contributed by atoms with Gasteiger partial charge in [0.1, 0.15) is 5.71 Å². The van der Waals surface area contributed by atoms with E-state index in [0.717, 1.165) is 35.8 Å². The minimum Gasteiger partial charge on any atom is -0.300 e. The fourth-order valence-corrected chi connectivity index (χ4v) is 5.00. The molecule has 0 spiro atoms. The van der Waals surface area contributed by atoms with Gasteiger partial charge in [-0.15, -0.1) is 11.3 Å². The molecule has 0 fully saturated rings. The van der Waals surface area contributed by atoms with Crippen LogP contribution in [-0.4, -0.2) is 37.3 Å². The maximum Gasteiger partial charge on any atom is 0.429 e. The molecule has 0 aliphatic rings. The molecular weight excluding hydrogens is 516 g/mol. The molecule has 2 aromatic heterocycles. The Kier molecular flexibility index (Phi) is 7.23. The molecule has 35 heavy (non-hydrogen) atoms. The van der Waals surface area contributed by atoms with E-state index in [1.165, 1.54) is 37.4 Å². The van der Waals surface area contributed by atoms with Gasteiger partial charge in [0.15, 0.2) is 14.9 Å². The quantitative estimate of drug-likeness (QED) is 0.285. The third kappa shape index (κ3) is 6.34. The molecule has 0 saturated heterocycles. The van der Waals surface area contributed by atoms with Gasteiger partial charge in [-0.1, -0.05) is 12.1 Å². The number of rotatable bonds is 6. The van der Waals surface area contributed by atoms with Gasteiger partial charge in [-0.3, -0.25) is 4.99 Å². The lowest BCUT2D eigenvalue weighted by Gasteiger charge is -2.13. The van der Waals surface area contributed by atoms with Crippen molar-refractivity contribution in [2.45, 2.75) is 30.7 Å². The Hall–Kier alpha value is -3.06. The summed E-state index contributed by atoms with van der Waals surface area (Å²) in [4.78, 5) is 8.44. The smallest absolute Gasteiger partial charge is 0.300 e. The summed E-state index contributed by atoms with van der Waals surface area (Å²) < 4.78 is 103. The van der Waals surface area contributed by atoms with Crippen molar-refractivity contribution in [3.63, 3.8) is 0 Å². The van der Waals surface area contributed by atoms with Crippen molar-refractivity contribution < 1.29 is 34.8 Å². The molecule has 1 N–H and O–H groups in total. The SMILES string of the molecule is Cc1cc(-c2ccc(C(CC(=N)C(F)(F)F)=Nc3ccccc3C(F)(F)F)s2)cnc1S(C)(=O)=O. The summed E-state index contributed by atoms with van der Waals surface area (Å²) in [6, 6.07) is 8.65. The van der Waals surface area contributed by atoms with Crippen molar-refractivity contribution in [2.75, 3.05) is 6.26 Å². The highest BCUT2D eigenvalue weighted by Gasteiger charge is 2.36. The van der Waals surface area contributed by atoms with E-state index in [0.29, 0.717) is 16.0 Å². The van der Waals surface area contributed by atoms with E-state index in [1.807, 2.05) is 0 Å². The fraction of sp³-hybridized carbons (Fsp3) is 0.227. The Balaban J connectivity index is 2.10. The normalized spacial score (nSPS) is 13.2. The average molecular weight is 534 g/mol. The van der Waals surface area contributed by atoms with Crippen molar-refractivity contribution in [3.05, 3.63) is 64.7 Å². The van der Waals surface area contributed by atoms with Gasteiger partial charge in [0, 0.05) is 34.2 Å². The monoisotopic (exact) mass is 533 g/mol. The number of benzene rings is 1. The third-order valence-corrected chi connectivity index (χ3v) is 7.02. The maximum atomic E-state index is 13.4. The summed E-state index contributed by atoms with van der Waals surface area (Å²) in [5, 5.41) is 7.23. The molecule has 0 unspecified atom stereocenters. The molecule has 0 bridgehead atoms. The summed E-state index contributed by atoms with van der Waals surface area (Å²) in [5.41, 5.74) is -2.90. The van der Waals surface area contributed by atoms with Gasteiger partial charge in [0.25, 0.3) is 0 Å². The molecule has 0 aliphatic heterocycles. The number of halogens is 6. The van der Waals surface area contributed by atoms with E-state index in [4.69, 9.17) is 5.41 Å². The number of sulfone groups is 1. The van der Waals surface area contributed by atoms with Gasteiger partial charge in [-0.25, -0.2) is 13.4 Å². The molecule has 5 nitrogen and oxygen atoms in total. The fourth-order valence-electron chi connectivity index (χ4n) is 3.14. The molecule has 1 aromatic carbocycles. The largest absolute Gasteiger partial charge is 0.429 e. The van der Waals surface area contributed by atoms with Gasteiger partial charge in [0.05, 0.1) is 17.0 Å². The summed E-state index contributed by atoms with van der Waals surface area (Å²) in [7, 11) is -3.57. The molecule has 0 aliphatic carbocycles. The van der Waals surface area contributed by atoms with Gasteiger partial charge >= 0.3 is 12.4 Å². The van der Waals surface area contributed by atoms with Crippen molar-refractivity contribution in [3.8, 4) is 10.4 Å². The first kappa shape index (κ1) is 26.5. The highest BCUT2D eigenvalue weighted by Crippen LogP contribution is 2.38. The minimum absolute atomic E-state index is 0.121. The zero-order valence-electron chi connectivity index (χ0n) is 18.1. The first-order chi connectivity index (χ1) is 16.1. The Labute approximate surface area is 200 Å². The minimum atomic E-state index is -4.98. The van der Waals surface area contributed by atoms with Crippen LogP contribution in [0.4, 0.5) is 32.0 Å². The van der Waals surface area contributed by atoms with Gasteiger partial charge in [0.2, 0.25) is 0 Å². The number of hydrogen-bond acceptors (Lipinski definition) is 6. The second-order valence-electron chi connectivity index (χ2n) is 7.51. The van der Waals surface area contributed by atoms with Crippen LogP contribution in [0.15, 0.2) is 58.7 Å². The maximum absolute atomic E-state index is 13.4. The first-order valence-electron chi connectivity index (χ1n) is 9.73. The number of pyridine rings is 1. The number of thiophene rings is 1. The summed E-state index contributed by atoms with van der Waals surface area (Å²) in [5.74, 6) is 0. The van der Waals surface area contributed by atoms with E-state index < -0.39 is 45.6 Å². The second-order valence-corrected chi connectivity index (χ2v) is 10.5. The van der Waals surface area contributed by atoms with Gasteiger partial charge < -0.3 is 5.41 Å². The van der Waals surface area contributed by atoms with E-state index in [9.17, 15) is 34.8 Å². The van der Waals surface area contributed by atoms with E-state index >= 15 is 0 Å². The molecular formula is C22H17F6N3O2S2. The molecule has 13 heteroatoms. The summed E-state index contributed by atoms with van der Waals surface area (Å²) in [6.07, 6.45) is -8.52. The standard InChI is InChI=1S/C22H17F6N3O2S2/c1-12-9-13(11-30-20(12)35(2,32)33)17-7-8-18(34-17)16(10-19(29)22(26,27)28)31-15-6-4-3-5-14(15)21(23,24)25/h3-9,11,29H,10H2,1-2H3. The Morgan fingerprint density at radius 3 is 2.31 bits per heavy atom. The number of aromatic nitrogens is 1. The highest BCUT2D eigenvalue weighted by atomic mass is 32.2. The molecule has 3 aromatic rings. The number of aliphatic imine (C=N–C) groups is 1. The molecule has 0 radical (unpaired) electrons. The third-order valence-electron chi connectivity index (χ3n) is 4.71. The molecule has 186 valence electrons. The molecule has 3 rings (SSSR count). The van der Waals surface area contributed by atoms with Crippen LogP contribution in [0.1, 0.15) is 22.4 Å². The van der Waals surface area contributed by atoms with Crippen LogP contribution in [0.25, 0.3) is 10.4 Å². The van der Waals surface area contributed by atoms with Gasteiger partial charge in [-0.05, 0) is 42.8 Å². The first-order valence-corrected chi connectivity index (χ1v) is 12.4. The summed E-state index contributed by atoms with van der Waals surface area (Å²) >= 11 is 0.936. The predicted octanol–water partition coefficient (Wildman–Crippen LogP) is 6.63. The lowest BCUT2D eigenvalue weighted by molar-refractivity contribution is -0.137. The van der Waals surface area contributed by atoms with Crippen molar-refractivity contribution >= 4 is 38.3 Å². The Morgan fingerprint density at radius 1 is 1.09 bits per heavy atom. The average Bonchev–Trinajstić information content (AvgIpc) is 3.21. The zero-order valence-corrected chi connectivity index (χ0v) is 19.8. The van der Waals surface area contributed by atoms with Crippen molar-refractivity contribution in [1.29, 1.82) is 5.41 Å². The number of para-hydroxylation sites is 1. The highest BCUT2D eigenvalue weighted by molar-refractivity contribution is 7.90. The van der Waals surface area contributed by atoms with E-state index in [1.54, 1.807) is 0 Å². The van der Waals surface area contributed by atoms with Crippen LogP contribution in [-0.2, 0) is 16.0 Å². The second kappa shape index (κ2) is 9.53. The molecule has 2 heterocycles. The van der Waals surface area contributed by atoms with Crippen molar-refractivity contribution in [2.24, 2.45) is 4.99 Å². The topological polar surface area (TPSA) is 83.2 Å². The van der Waals surface area contributed by atoms with Crippen molar-refractivity contribution in [1.82, 2.24) is 4.98 Å².